The lowest BCUT2D eigenvalue weighted by Crippen LogP contribution is -2.46. The molecule has 0 unspecified atom stereocenters. The van der Waals surface area contributed by atoms with Gasteiger partial charge < -0.3 is 10.3 Å². The third-order valence-electron chi connectivity index (χ3n) is 4.38. The molecule has 0 radical (unpaired) electrons. The number of aromatic amines is 1. The van der Waals surface area contributed by atoms with Crippen LogP contribution in [-0.2, 0) is 11.2 Å². The quantitative estimate of drug-likeness (QED) is 0.489. The molecule has 0 aliphatic carbocycles. The Morgan fingerprint density at radius 2 is 1.66 bits per heavy atom. The number of carbonyl (C=O) groups is 3. The van der Waals surface area contributed by atoms with E-state index in [9.17, 15) is 19.2 Å². The van der Waals surface area contributed by atoms with Gasteiger partial charge in [-0.25, -0.2) is 0 Å². The van der Waals surface area contributed by atoms with Crippen LogP contribution in [0.2, 0.25) is 0 Å². The predicted octanol–water partition coefficient (Wildman–Crippen LogP) is 1.28. The van der Waals surface area contributed by atoms with Gasteiger partial charge in [-0.1, -0.05) is 31.2 Å². The first-order valence-corrected chi connectivity index (χ1v) is 9.06. The summed E-state index contributed by atoms with van der Waals surface area (Å²) in [5.41, 5.74) is 6.07. The van der Waals surface area contributed by atoms with Gasteiger partial charge in [0.1, 0.15) is 5.56 Å². The van der Waals surface area contributed by atoms with Gasteiger partial charge in [0.2, 0.25) is 5.43 Å². The molecule has 3 aromatic rings. The minimum atomic E-state index is -0.686. The van der Waals surface area contributed by atoms with Crippen LogP contribution in [0.5, 0.6) is 0 Å². The summed E-state index contributed by atoms with van der Waals surface area (Å²) in [6, 6.07) is 13.8. The zero-order valence-electron chi connectivity index (χ0n) is 15.7. The Balaban J connectivity index is 1.53. The standard InChI is InChI=1S/C21H20N4O4/c1-2-13-7-9-14(10-8-13)20(28)25-24-18(26)12-23-21(29)16-11-22-17-6-4-3-5-15(17)19(16)27/h3-11H,2,12H2,1H3,(H,22,27)(H,23,29)(H,24,26)(H,25,28). The fourth-order valence-electron chi connectivity index (χ4n) is 2.73. The highest BCUT2D eigenvalue weighted by molar-refractivity contribution is 5.99. The van der Waals surface area contributed by atoms with E-state index in [1.54, 1.807) is 36.4 Å². The van der Waals surface area contributed by atoms with Gasteiger partial charge in [0.15, 0.2) is 0 Å². The molecule has 0 aliphatic rings. The number of hydrogen-bond acceptors (Lipinski definition) is 4. The Morgan fingerprint density at radius 3 is 2.38 bits per heavy atom. The molecule has 3 rings (SSSR count). The number of amides is 3. The number of aromatic nitrogens is 1. The molecule has 0 atom stereocenters. The first-order chi connectivity index (χ1) is 14.0. The zero-order valence-corrected chi connectivity index (χ0v) is 15.7. The molecule has 4 N–H and O–H groups in total. The number of hydrazine groups is 1. The molecule has 8 heteroatoms. The number of rotatable bonds is 5. The van der Waals surface area contributed by atoms with E-state index in [0.717, 1.165) is 12.0 Å². The van der Waals surface area contributed by atoms with Crippen LogP contribution in [0.25, 0.3) is 10.9 Å². The van der Waals surface area contributed by atoms with Crippen molar-refractivity contribution in [2.24, 2.45) is 0 Å². The maximum atomic E-state index is 12.4. The van der Waals surface area contributed by atoms with Crippen LogP contribution >= 0.6 is 0 Å². The van der Waals surface area contributed by atoms with Crippen LogP contribution in [0.1, 0.15) is 33.2 Å². The van der Waals surface area contributed by atoms with Gasteiger partial charge in [-0.3, -0.25) is 30.0 Å². The largest absolute Gasteiger partial charge is 0.360 e. The highest BCUT2D eigenvalue weighted by Gasteiger charge is 2.14. The molecule has 0 fully saturated rings. The number of carbonyl (C=O) groups excluding carboxylic acids is 3. The molecule has 2 aromatic carbocycles. The van der Waals surface area contributed by atoms with Gasteiger partial charge in [0.05, 0.1) is 6.54 Å². The molecule has 0 bridgehead atoms. The number of fused-ring (bicyclic) bond motifs is 1. The number of benzene rings is 2. The van der Waals surface area contributed by atoms with Crippen molar-refractivity contribution in [3.05, 3.63) is 81.6 Å². The minimum Gasteiger partial charge on any atom is -0.360 e. The lowest BCUT2D eigenvalue weighted by Gasteiger charge is -2.09. The van der Waals surface area contributed by atoms with E-state index in [-0.39, 0.29) is 5.56 Å². The van der Waals surface area contributed by atoms with Crippen LogP contribution in [0, 0.1) is 0 Å². The SMILES string of the molecule is CCc1ccc(C(=O)NNC(=O)CNC(=O)c2c[nH]c3ccccc3c2=O)cc1. The fraction of sp³-hybridized carbons (Fsp3) is 0.143. The molecule has 1 aromatic heterocycles. The van der Waals surface area contributed by atoms with E-state index in [2.05, 4.69) is 21.2 Å². The van der Waals surface area contributed by atoms with Crippen LogP contribution in [0.4, 0.5) is 0 Å². The van der Waals surface area contributed by atoms with E-state index >= 15 is 0 Å². The summed E-state index contributed by atoms with van der Waals surface area (Å²) in [6.07, 6.45) is 2.16. The molecule has 0 saturated carbocycles. The van der Waals surface area contributed by atoms with Crippen LogP contribution in [0.3, 0.4) is 0 Å². The second-order valence-corrected chi connectivity index (χ2v) is 6.31. The molecule has 148 valence electrons. The van der Waals surface area contributed by atoms with E-state index < -0.39 is 29.7 Å². The summed E-state index contributed by atoms with van der Waals surface area (Å²) in [5.74, 6) is -1.79. The zero-order chi connectivity index (χ0) is 20.8. The molecule has 0 spiro atoms. The Morgan fingerprint density at radius 1 is 0.931 bits per heavy atom. The van der Waals surface area contributed by atoms with Crippen molar-refractivity contribution in [1.82, 2.24) is 21.2 Å². The fourth-order valence-corrected chi connectivity index (χ4v) is 2.73. The van der Waals surface area contributed by atoms with Gasteiger partial charge in [0.25, 0.3) is 17.7 Å². The summed E-state index contributed by atoms with van der Waals surface area (Å²) in [6.45, 7) is 1.61. The van der Waals surface area contributed by atoms with Gasteiger partial charge in [-0.05, 0) is 36.2 Å². The number of pyridine rings is 1. The molecular weight excluding hydrogens is 372 g/mol. The second-order valence-electron chi connectivity index (χ2n) is 6.31. The Bertz CT molecular complexity index is 1120. The maximum absolute atomic E-state index is 12.4. The van der Waals surface area contributed by atoms with Crippen molar-refractivity contribution in [3.8, 4) is 0 Å². The molecular formula is C21H20N4O4. The molecule has 29 heavy (non-hydrogen) atoms. The van der Waals surface area contributed by atoms with Gasteiger partial charge in [-0.15, -0.1) is 0 Å². The van der Waals surface area contributed by atoms with Crippen molar-refractivity contribution in [3.63, 3.8) is 0 Å². The lowest BCUT2D eigenvalue weighted by molar-refractivity contribution is -0.120. The molecule has 8 nitrogen and oxygen atoms in total. The monoisotopic (exact) mass is 392 g/mol. The van der Waals surface area contributed by atoms with Crippen molar-refractivity contribution < 1.29 is 14.4 Å². The number of hydrogen-bond donors (Lipinski definition) is 4. The first-order valence-electron chi connectivity index (χ1n) is 9.06. The topological polar surface area (TPSA) is 120 Å². The summed E-state index contributed by atoms with van der Waals surface area (Å²) in [4.78, 5) is 51.4. The average Bonchev–Trinajstić information content (AvgIpc) is 2.76. The Kier molecular flexibility index (Phi) is 6.03. The predicted molar refractivity (Wildman–Crippen MR) is 108 cm³/mol. The molecule has 3 amide bonds. The third-order valence-corrected chi connectivity index (χ3v) is 4.38. The smallest absolute Gasteiger partial charge is 0.269 e. The second kappa shape index (κ2) is 8.83. The van der Waals surface area contributed by atoms with E-state index in [4.69, 9.17) is 0 Å². The Hall–Kier alpha value is -3.94. The highest BCUT2D eigenvalue weighted by atomic mass is 16.2. The number of H-pyrrole nitrogens is 1. The van der Waals surface area contributed by atoms with Crippen molar-refractivity contribution in [2.45, 2.75) is 13.3 Å². The summed E-state index contributed by atoms with van der Waals surface area (Å²) < 4.78 is 0. The van der Waals surface area contributed by atoms with Crippen LogP contribution < -0.4 is 21.6 Å². The van der Waals surface area contributed by atoms with Crippen LogP contribution in [-0.4, -0.2) is 29.3 Å². The normalized spacial score (nSPS) is 10.4. The third kappa shape index (κ3) is 4.67. The van der Waals surface area contributed by atoms with E-state index in [1.807, 2.05) is 19.1 Å². The lowest BCUT2D eigenvalue weighted by atomic mass is 10.1. The number of aryl methyl sites for hydroxylation is 1. The first kappa shape index (κ1) is 19.8. The number of para-hydroxylation sites is 1. The van der Waals surface area contributed by atoms with Crippen molar-refractivity contribution in [2.75, 3.05) is 6.54 Å². The molecule has 0 saturated heterocycles. The van der Waals surface area contributed by atoms with Gasteiger partial charge >= 0.3 is 0 Å². The molecule has 0 aliphatic heterocycles. The van der Waals surface area contributed by atoms with Crippen LogP contribution in [0.15, 0.2) is 59.5 Å². The average molecular weight is 392 g/mol. The summed E-state index contributed by atoms with van der Waals surface area (Å²) >= 11 is 0. The Labute approximate surface area is 166 Å². The minimum absolute atomic E-state index is 0.100. The maximum Gasteiger partial charge on any atom is 0.269 e. The van der Waals surface area contributed by atoms with Crippen molar-refractivity contribution >= 4 is 28.6 Å². The van der Waals surface area contributed by atoms with Crippen molar-refractivity contribution in [1.29, 1.82) is 0 Å². The number of nitrogens with one attached hydrogen (secondary N) is 4. The summed E-state index contributed by atoms with van der Waals surface area (Å²) in [5, 5.41) is 2.74. The van der Waals surface area contributed by atoms with Gasteiger partial charge in [-0.2, -0.15) is 0 Å². The highest BCUT2D eigenvalue weighted by Crippen LogP contribution is 2.07. The molecule has 1 heterocycles. The summed E-state index contributed by atoms with van der Waals surface area (Å²) in [7, 11) is 0. The van der Waals surface area contributed by atoms with Gasteiger partial charge in [0, 0.05) is 22.7 Å². The van der Waals surface area contributed by atoms with E-state index in [1.165, 1.54) is 6.20 Å². The van der Waals surface area contributed by atoms with E-state index in [0.29, 0.717) is 16.5 Å².